The van der Waals surface area contributed by atoms with Crippen molar-refractivity contribution in [3.63, 3.8) is 0 Å². The molecule has 15 heavy (non-hydrogen) atoms. The van der Waals surface area contributed by atoms with Crippen LogP contribution in [0.3, 0.4) is 0 Å². The molecule has 4 nitrogen and oxygen atoms in total. The molecule has 1 fully saturated rings. The Balaban J connectivity index is 2.56. The summed E-state index contributed by atoms with van der Waals surface area (Å²) in [5, 5.41) is 8.14. The summed E-state index contributed by atoms with van der Waals surface area (Å²) in [5.74, 6) is 0. The topological polar surface area (TPSA) is 49.8 Å². The Labute approximate surface area is 99.1 Å². The Kier molecular flexibility index (Phi) is 4.96. The molecule has 0 aromatic carbocycles. The van der Waals surface area contributed by atoms with E-state index < -0.39 is 11.5 Å². The van der Waals surface area contributed by atoms with Gasteiger partial charge in [-0.15, -0.1) is 23.2 Å². The van der Waals surface area contributed by atoms with Gasteiger partial charge in [-0.25, -0.2) is 4.79 Å². The molecule has 0 bridgehead atoms. The van der Waals surface area contributed by atoms with E-state index in [-0.39, 0.29) is 18.0 Å². The number of likely N-dealkylation sites (tertiary alicyclic amines) is 1. The molecule has 88 valence electrons. The maximum absolute atomic E-state index is 10.8. The average molecular weight is 256 g/mol. The number of hydrogen-bond acceptors (Lipinski definition) is 2. The maximum atomic E-state index is 10.8. The molecule has 0 aromatic rings. The van der Waals surface area contributed by atoms with Gasteiger partial charge in [0.05, 0.1) is 23.4 Å². The highest BCUT2D eigenvalue weighted by Crippen LogP contribution is 2.24. The maximum Gasteiger partial charge on any atom is 0.407 e. The Morgan fingerprint density at radius 1 is 1.53 bits per heavy atom. The molecule has 1 saturated heterocycles. The number of alkyl halides is 2. The lowest BCUT2D eigenvalue weighted by Gasteiger charge is -2.37. The molecule has 1 heterocycles. The molecular formula is C9H15Cl2NO3. The third-order valence-electron chi connectivity index (χ3n) is 2.30. The summed E-state index contributed by atoms with van der Waals surface area (Å²) in [6.07, 6.45) is -0.409. The van der Waals surface area contributed by atoms with Crippen LogP contribution in [0.1, 0.15) is 13.3 Å². The van der Waals surface area contributed by atoms with Gasteiger partial charge < -0.3 is 14.7 Å². The number of amides is 1. The number of halogens is 2. The molecule has 1 amide bonds. The average Bonchev–Trinajstić information content (AvgIpc) is 2.19. The molecule has 1 rings (SSSR count). The zero-order valence-electron chi connectivity index (χ0n) is 8.53. The number of hydrogen-bond donors (Lipinski definition) is 1. The highest BCUT2D eigenvalue weighted by molar-refractivity contribution is 6.30. The summed E-state index contributed by atoms with van der Waals surface area (Å²) in [7, 11) is 0. The monoisotopic (exact) mass is 255 g/mol. The number of piperidine rings is 1. The quantitative estimate of drug-likeness (QED) is 0.785. The summed E-state index contributed by atoms with van der Waals surface area (Å²) in [6.45, 7) is 3.12. The van der Waals surface area contributed by atoms with Crippen LogP contribution >= 0.6 is 23.2 Å². The Morgan fingerprint density at radius 2 is 2.20 bits per heavy atom. The Bertz CT molecular complexity index is 227. The molecule has 1 aliphatic heterocycles. The van der Waals surface area contributed by atoms with Crippen molar-refractivity contribution in [2.75, 3.05) is 19.7 Å². The lowest BCUT2D eigenvalue weighted by Crippen LogP contribution is -2.53. The molecule has 3 unspecified atom stereocenters. The van der Waals surface area contributed by atoms with Crippen molar-refractivity contribution in [2.45, 2.75) is 30.2 Å². The van der Waals surface area contributed by atoms with Gasteiger partial charge in [0.1, 0.15) is 0 Å². The van der Waals surface area contributed by atoms with Crippen molar-refractivity contribution in [3.05, 3.63) is 0 Å². The zero-order valence-corrected chi connectivity index (χ0v) is 10.0. The number of carboxylic acid groups (broad SMARTS) is 1. The van der Waals surface area contributed by atoms with Gasteiger partial charge in [0.15, 0.2) is 0 Å². The second-order valence-corrected chi connectivity index (χ2v) is 4.62. The van der Waals surface area contributed by atoms with Gasteiger partial charge in [0, 0.05) is 13.2 Å². The molecule has 0 aromatic heterocycles. The van der Waals surface area contributed by atoms with Crippen molar-refractivity contribution >= 4 is 29.3 Å². The van der Waals surface area contributed by atoms with E-state index in [2.05, 4.69) is 0 Å². The third kappa shape index (κ3) is 3.40. The number of carbonyl (C=O) groups is 1. The van der Waals surface area contributed by atoms with Crippen LogP contribution in [-0.4, -0.2) is 52.7 Å². The van der Waals surface area contributed by atoms with Crippen molar-refractivity contribution in [1.82, 2.24) is 4.90 Å². The first-order chi connectivity index (χ1) is 7.06. The highest BCUT2D eigenvalue weighted by Gasteiger charge is 2.37. The van der Waals surface area contributed by atoms with Crippen LogP contribution < -0.4 is 0 Å². The predicted molar refractivity (Wildman–Crippen MR) is 58.9 cm³/mol. The fraction of sp³-hybridized carbons (Fsp3) is 0.889. The SMILES string of the molecule is CCCOC1CN(C(=O)O)CC(Cl)C1Cl. The summed E-state index contributed by atoms with van der Waals surface area (Å²) < 4.78 is 5.47. The fourth-order valence-corrected chi connectivity index (χ4v) is 2.07. The number of ether oxygens (including phenoxy) is 1. The largest absolute Gasteiger partial charge is 0.465 e. The molecule has 0 radical (unpaired) electrons. The summed E-state index contributed by atoms with van der Waals surface area (Å²) >= 11 is 12.0. The van der Waals surface area contributed by atoms with Gasteiger partial charge in [0.2, 0.25) is 0 Å². The van der Waals surface area contributed by atoms with Gasteiger partial charge in [-0.2, -0.15) is 0 Å². The van der Waals surface area contributed by atoms with Gasteiger partial charge in [-0.1, -0.05) is 6.92 Å². The lowest BCUT2D eigenvalue weighted by atomic mass is 10.1. The fourth-order valence-electron chi connectivity index (χ4n) is 1.51. The Hall–Kier alpha value is -0.190. The normalized spacial score (nSPS) is 31.7. The lowest BCUT2D eigenvalue weighted by molar-refractivity contribution is 0.00762. The minimum Gasteiger partial charge on any atom is -0.465 e. The smallest absolute Gasteiger partial charge is 0.407 e. The van der Waals surface area contributed by atoms with Gasteiger partial charge in [-0.3, -0.25) is 0 Å². The van der Waals surface area contributed by atoms with Crippen LogP contribution in [0.5, 0.6) is 0 Å². The van der Waals surface area contributed by atoms with Crippen LogP contribution in [0, 0.1) is 0 Å². The van der Waals surface area contributed by atoms with Crippen LogP contribution in [0.15, 0.2) is 0 Å². The first-order valence-electron chi connectivity index (χ1n) is 4.93. The first kappa shape index (κ1) is 12.9. The highest BCUT2D eigenvalue weighted by atomic mass is 35.5. The number of nitrogens with zero attached hydrogens (tertiary/aromatic N) is 1. The second kappa shape index (κ2) is 5.77. The van der Waals surface area contributed by atoms with Gasteiger partial charge in [-0.05, 0) is 6.42 Å². The van der Waals surface area contributed by atoms with E-state index in [9.17, 15) is 4.79 Å². The molecule has 3 atom stereocenters. The van der Waals surface area contributed by atoms with Crippen molar-refractivity contribution in [2.24, 2.45) is 0 Å². The zero-order chi connectivity index (χ0) is 11.4. The van der Waals surface area contributed by atoms with Gasteiger partial charge >= 0.3 is 6.09 Å². The third-order valence-corrected chi connectivity index (χ3v) is 3.43. The van der Waals surface area contributed by atoms with E-state index >= 15 is 0 Å². The summed E-state index contributed by atoms with van der Waals surface area (Å²) in [5.41, 5.74) is 0. The second-order valence-electron chi connectivity index (χ2n) is 3.56. The molecule has 1 N–H and O–H groups in total. The van der Waals surface area contributed by atoms with Gasteiger partial charge in [0.25, 0.3) is 0 Å². The van der Waals surface area contributed by atoms with E-state index in [1.54, 1.807) is 0 Å². The van der Waals surface area contributed by atoms with Crippen LogP contribution in [-0.2, 0) is 4.74 Å². The molecule has 0 aliphatic carbocycles. The molecule has 1 aliphatic rings. The van der Waals surface area contributed by atoms with E-state index in [0.717, 1.165) is 6.42 Å². The van der Waals surface area contributed by atoms with Crippen LogP contribution in [0.4, 0.5) is 4.79 Å². The minimum atomic E-state index is -0.977. The van der Waals surface area contributed by atoms with Crippen molar-refractivity contribution < 1.29 is 14.6 Å². The predicted octanol–water partition coefficient (Wildman–Crippen LogP) is 1.99. The molecule has 0 spiro atoms. The van der Waals surface area contributed by atoms with E-state index in [1.165, 1.54) is 4.90 Å². The number of rotatable bonds is 3. The minimum absolute atomic E-state index is 0.261. The molecular weight excluding hydrogens is 241 g/mol. The standard InChI is InChI=1S/C9H15Cl2NO3/c1-2-3-15-7-5-12(9(13)14)4-6(10)8(7)11/h6-8H,2-5H2,1H3,(H,13,14). The molecule has 6 heteroatoms. The van der Waals surface area contributed by atoms with E-state index in [4.69, 9.17) is 33.0 Å². The molecule has 0 saturated carbocycles. The van der Waals surface area contributed by atoms with Crippen LogP contribution in [0.25, 0.3) is 0 Å². The van der Waals surface area contributed by atoms with Crippen molar-refractivity contribution in [3.8, 4) is 0 Å². The summed E-state index contributed by atoms with van der Waals surface area (Å²) in [6, 6.07) is 0. The van der Waals surface area contributed by atoms with E-state index in [1.807, 2.05) is 6.92 Å². The Morgan fingerprint density at radius 3 is 2.73 bits per heavy atom. The van der Waals surface area contributed by atoms with E-state index in [0.29, 0.717) is 13.2 Å². The van der Waals surface area contributed by atoms with Crippen molar-refractivity contribution in [1.29, 1.82) is 0 Å². The first-order valence-corrected chi connectivity index (χ1v) is 5.81. The van der Waals surface area contributed by atoms with Crippen LogP contribution in [0.2, 0.25) is 0 Å². The summed E-state index contributed by atoms with van der Waals surface area (Å²) in [4.78, 5) is 12.0.